The monoisotopic (exact) mass is 270 g/mol. The molecule has 1 aliphatic rings. The van der Waals surface area contributed by atoms with Gasteiger partial charge >= 0.3 is 0 Å². The summed E-state index contributed by atoms with van der Waals surface area (Å²) < 4.78 is 32.5. The van der Waals surface area contributed by atoms with Crippen molar-refractivity contribution >= 4 is 15.7 Å². The summed E-state index contributed by atoms with van der Waals surface area (Å²) in [6, 6.07) is 6.72. The fourth-order valence-corrected chi connectivity index (χ4v) is 3.49. The highest BCUT2D eigenvalue weighted by Crippen LogP contribution is 2.21. The van der Waals surface area contributed by atoms with Crippen LogP contribution in [0.1, 0.15) is 12.8 Å². The predicted octanol–water partition coefficient (Wildman–Crippen LogP) is 1.19. The van der Waals surface area contributed by atoms with Gasteiger partial charge in [0.2, 0.25) is 10.0 Å². The minimum absolute atomic E-state index is 0.131. The van der Waals surface area contributed by atoms with Gasteiger partial charge in [-0.2, -0.15) is 0 Å². The van der Waals surface area contributed by atoms with Crippen LogP contribution in [0.4, 0.5) is 5.69 Å². The smallest absolute Gasteiger partial charge is 0.242 e. The quantitative estimate of drug-likeness (QED) is 0.862. The zero-order valence-corrected chi connectivity index (χ0v) is 11.2. The van der Waals surface area contributed by atoms with Crippen LogP contribution in [0, 0.1) is 0 Å². The van der Waals surface area contributed by atoms with Crippen molar-refractivity contribution in [3.63, 3.8) is 0 Å². The Kier molecular flexibility index (Phi) is 4.21. The maximum Gasteiger partial charge on any atom is 0.242 e. The number of sulfonamides is 1. The normalized spacial score (nSPS) is 20.6. The third kappa shape index (κ3) is 3.01. The molecule has 1 saturated heterocycles. The van der Waals surface area contributed by atoms with Crippen molar-refractivity contribution in [1.82, 2.24) is 4.72 Å². The van der Waals surface area contributed by atoms with Crippen molar-refractivity contribution in [2.24, 2.45) is 0 Å². The van der Waals surface area contributed by atoms with E-state index in [2.05, 4.69) is 10.0 Å². The molecule has 0 spiro atoms. The number of ether oxygens (including phenoxy) is 1. The summed E-state index contributed by atoms with van der Waals surface area (Å²) >= 11 is 0. The van der Waals surface area contributed by atoms with Gasteiger partial charge in [-0.25, -0.2) is 13.1 Å². The van der Waals surface area contributed by atoms with E-state index in [0.29, 0.717) is 18.9 Å². The average molecular weight is 270 g/mol. The fraction of sp³-hybridized carbons (Fsp3) is 0.500. The van der Waals surface area contributed by atoms with Gasteiger partial charge in [-0.05, 0) is 25.0 Å². The molecule has 1 aromatic rings. The molecule has 1 aliphatic heterocycles. The van der Waals surface area contributed by atoms with E-state index in [0.717, 1.165) is 12.8 Å². The van der Waals surface area contributed by atoms with Crippen LogP contribution < -0.4 is 10.0 Å². The molecule has 2 rings (SSSR count). The Morgan fingerprint density at radius 3 is 2.78 bits per heavy atom. The first-order valence-corrected chi connectivity index (χ1v) is 7.48. The molecule has 1 heterocycles. The lowest BCUT2D eigenvalue weighted by Crippen LogP contribution is -2.40. The van der Waals surface area contributed by atoms with Crippen LogP contribution in [-0.2, 0) is 14.8 Å². The Labute approximate surface area is 108 Å². The molecular weight excluding hydrogens is 252 g/mol. The van der Waals surface area contributed by atoms with Crippen LogP contribution in [0.15, 0.2) is 29.2 Å². The zero-order chi connectivity index (χ0) is 13.0. The second-order valence-corrected chi connectivity index (χ2v) is 5.96. The molecule has 2 N–H and O–H groups in total. The van der Waals surface area contributed by atoms with E-state index in [1.54, 1.807) is 31.3 Å². The summed E-state index contributed by atoms with van der Waals surface area (Å²) in [5, 5.41) is 2.89. The molecule has 6 heteroatoms. The first-order valence-electron chi connectivity index (χ1n) is 6.00. The molecule has 0 aliphatic carbocycles. The topological polar surface area (TPSA) is 67.4 Å². The Bertz CT molecular complexity index is 496. The molecular formula is C12H18N2O3S. The SMILES string of the molecule is CNc1ccccc1S(=O)(=O)NC1CCCOC1. The highest BCUT2D eigenvalue weighted by atomic mass is 32.2. The minimum Gasteiger partial charge on any atom is -0.387 e. The van der Waals surface area contributed by atoms with Gasteiger partial charge in [0.05, 0.1) is 12.3 Å². The first-order chi connectivity index (χ1) is 8.63. The molecule has 1 aromatic carbocycles. The number of hydrogen-bond donors (Lipinski definition) is 2. The molecule has 0 aromatic heterocycles. The van der Waals surface area contributed by atoms with Crippen LogP contribution >= 0.6 is 0 Å². The van der Waals surface area contributed by atoms with Gasteiger partial charge in [0, 0.05) is 19.7 Å². The maximum atomic E-state index is 12.3. The van der Waals surface area contributed by atoms with E-state index in [1.807, 2.05) is 0 Å². The Morgan fingerprint density at radius 1 is 1.33 bits per heavy atom. The van der Waals surface area contributed by atoms with Crippen LogP contribution in [-0.4, -0.2) is 34.7 Å². The minimum atomic E-state index is -3.50. The Morgan fingerprint density at radius 2 is 2.11 bits per heavy atom. The Hall–Kier alpha value is -1.11. The largest absolute Gasteiger partial charge is 0.387 e. The maximum absolute atomic E-state index is 12.3. The second-order valence-electron chi connectivity index (χ2n) is 4.28. The fourth-order valence-electron chi connectivity index (χ4n) is 2.02. The average Bonchev–Trinajstić information content (AvgIpc) is 2.39. The summed E-state index contributed by atoms with van der Waals surface area (Å²) in [6.07, 6.45) is 1.71. The lowest BCUT2D eigenvalue weighted by molar-refractivity contribution is 0.0774. The number of para-hydroxylation sites is 1. The zero-order valence-electron chi connectivity index (χ0n) is 10.3. The summed E-state index contributed by atoms with van der Waals surface area (Å²) in [5.41, 5.74) is 0.599. The molecule has 100 valence electrons. The van der Waals surface area contributed by atoms with E-state index in [4.69, 9.17) is 4.74 Å². The van der Waals surface area contributed by atoms with Crippen molar-refractivity contribution in [2.75, 3.05) is 25.6 Å². The van der Waals surface area contributed by atoms with Crippen molar-refractivity contribution in [1.29, 1.82) is 0 Å². The molecule has 0 radical (unpaired) electrons. The lowest BCUT2D eigenvalue weighted by Gasteiger charge is -2.23. The van der Waals surface area contributed by atoms with Gasteiger partial charge in [0.1, 0.15) is 4.90 Å². The van der Waals surface area contributed by atoms with Gasteiger partial charge in [-0.15, -0.1) is 0 Å². The molecule has 1 atom stereocenters. The van der Waals surface area contributed by atoms with Gasteiger partial charge in [-0.1, -0.05) is 12.1 Å². The summed E-state index contributed by atoms with van der Waals surface area (Å²) in [5.74, 6) is 0. The third-order valence-electron chi connectivity index (χ3n) is 2.93. The standard InChI is InChI=1S/C12H18N2O3S/c1-13-11-6-2-3-7-12(11)18(15,16)14-10-5-4-8-17-9-10/h2-3,6-7,10,13-14H,4-5,8-9H2,1H3. The van der Waals surface area contributed by atoms with Gasteiger partial charge < -0.3 is 10.1 Å². The Balaban J connectivity index is 2.19. The summed E-state index contributed by atoms with van der Waals surface area (Å²) in [6.45, 7) is 1.16. The van der Waals surface area contributed by atoms with Crippen molar-refractivity contribution < 1.29 is 13.2 Å². The van der Waals surface area contributed by atoms with Crippen LogP contribution in [0.25, 0.3) is 0 Å². The van der Waals surface area contributed by atoms with E-state index >= 15 is 0 Å². The van der Waals surface area contributed by atoms with Crippen molar-refractivity contribution in [3.05, 3.63) is 24.3 Å². The van der Waals surface area contributed by atoms with Crippen LogP contribution in [0.5, 0.6) is 0 Å². The number of nitrogens with one attached hydrogen (secondary N) is 2. The molecule has 18 heavy (non-hydrogen) atoms. The molecule has 1 unspecified atom stereocenters. The second kappa shape index (κ2) is 5.69. The van der Waals surface area contributed by atoms with Crippen LogP contribution in [0.3, 0.4) is 0 Å². The van der Waals surface area contributed by atoms with Crippen molar-refractivity contribution in [2.45, 2.75) is 23.8 Å². The highest BCUT2D eigenvalue weighted by molar-refractivity contribution is 7.89. The number of benzene rings is 1. The number of anilines is 1. The first kappa shape index (κ1) is 13.3. The third-order valence-corrected chi connectivity index (χ3v) is 4.51. The van der Waals surface area contributed by atoms with E-state index in [1.165, 1.54) is 0 Å². The molecule has 0 saturated carbocycles. The predicted molar refractivity (Wildman–Crippen MR) is 70.2 cm³/mol. The van der Waals surface area contributed by atoms with Gasteiger partial charge in [-0.3, -0.25) is 0 Å². The number of hydrogen-bond acceptors (Lipinski definition) is 4. The number of rotatable bonds is 4. The molecule has 1 fully saturated rings. The summed E-state index contributed by atoms with van der Waals surface area (Å²) in [4.78, 5) is 0.276. The van der Waals surface area contributed by atoms with E-state index in [9.17, 15) is 8.42 Å². The summed E-state index contributed by atoms with van der Waals surface area (Å²) in [7, 11) is -1.79. The molecule has 5 nitrogen and oxygen atoms in total. The van der Waals surface area contributed by atoms with E-state index in [-0.39, 0.29) is 10.9 Å². The van der Waals surface area contributed by atoms with Gasteiger partial charge in [0.15, 0.2) is 0 Å². The molecule has 0 bridgehead atoms. The van der Waals surface area contributed by atoms with E-state index < -0.39 is 10.0 Å². The van der Waals surface area contributed by atoms with Crippen LogP contribution in [0.2, 0.25) is 0 Å². The molecule has 0 amide bonds. The lowest BCUT2D eigenvalue weighted by atomic mass is 10.1. The highest BCUT2D eigenvalue weighted by Gasteiger charge is 2.23. The van der Waals surface area contributed by atoms with Gasteiger partial charge in [0.25, 0.3) is 0 Å². The van der Waals surface area contributed by atoms with Crippen molar-refractivity contribution in [3.8, 4) is 0 Å².